The summed E-state index contributed by atoms with van der Waals surface area (Å²) in [6.07, 6.45) is 7.33. The van der Waals surface area contributed by atoms with Crippen LogP contribution in [0.25, 0.3) is 0 Å². The molecule has 1 fully saturated rings. The van der Waals surface area contributed by atoms with E-state index in [4.69, 9.17) is 4.74 Å². The van der Waals surface area contributed by atoms with Gasteiger partial charge in [0, 0.05) is 39.9 Å². The summed E-state index contributed by atoms with van der Waals surface area (Å²) in [5, 5.41) is 7.79. The lowest BCUT2D eigenvalue weighted by molar-refractivity contribution is 0.411. The third kappa shape index (κ3) is 5.86. The molecule has 0 bridgehead atoms. The minimum Gasteiger partial charge on any atom is -0.496 e. The minimum atomic E-state index is 0. The Morgan fingerprint density at radius 3 is 2.86 bits per heavy atom. The monoisotopic (exact) mass is 497 g/mol. The number of likely N-dealkylation sites (tertiary alicyclic amines) is 1. The molecule has 1 aliphatic rings. The molecule has 2 heterocycles. The highest BCUT2D eigenvalue weighted by Gasteiger charge is 2.25. The van der Waals surface area contributed by atoms with Crippen LogP contribution in [0.2, 0.25) is 0 Å². The second-order valence-electron chi connectivity index (χ2n) is 7.36. The average Bonchev–Trinajstić information content (AvgIpc) is 3.29. The number of hydrogen-bond acceptors (Lipinski definition) is 3. The number of aromatic nitrogens is 2. The molecular formula is C21H32IN5O. The van der Waals surface area contributed by atoms with E-state index in [9.17, 15) is 0 Å². The summed E-state index contributed by atoms with van der Waals surface area (Å²) in [7, 11) is 5.56. The molecule has 3 rings (SSSR count). The summed E-state index contributed by atoms with van der Waals surface area (Å²) in [5.74, 6) is 2.62. The van der Waals surface area contributed by atoms with E-state index < -0.39 is 0 Å². The first-order chi connectivity index (χ1) is 13.1. The Morgan fingerprint density at radius 1 is 1.36 bits per heavy atom. The largest absolute Gasteiger partial charge is 0.496 e. The smallest absolute Gasteiger partial charge is 0.193 e. The number of benzene rings is 1. The van der Waals surface area contributed by atoms with Crippen LogP contribution in [0.15, 0.2) is 35.6 Å². The number of methoxy groups -OCH3 is 1. The minimum absolute atomic E-state index is 0. The molecular weight excluding hydrogens is 465 g/mol. The van der Waals surface area contributed by atoms with Gasteiger partial charge in [-0.2, -0.15) is 5.10 Å². The number of hydrogen-bond donors (Lipinski definition) is 1. The number of aliphatic imine (C=N–C) groups is 1. The van der Waals surface area contributed by atoms with Gasteiger partial charge in [0.25, 0.3) is 0 Å². The molecule has 7 heteroatoms. The Labute approximate surface area is 185 Å². The van der Waals surface area contributed by atoms with Crippen molar-refractivity contribution in [1.29, 1.82) is 0 Å². The molecule has 1 aromatic heterocycles. The van der Waals surface area contributed by atoms with Gasteiger partial charge in [-0.3, -0.25) is 9.67 Å². The topological polar surface area (TPSA) is 54.7 Å². The molecule has 6 nitrogen and oxygen atoms in total. The van der Waals surface area contributed by atoms with Crippen LogP contribution in [0.5, 0.6) is 5.75 Å². The Balaban J connectivity index is 0.00000280. The first kappa shape index (κ1) is 22.5. The van der Waals surface area contributed by atoms with Crippen LogP contribution in [-0.4, -0.2) is 54.4 Å². The third-order valence-electron chi connectivity index (χ3n) is 5.25. The van der Waals surface area contributed by atoms with Crippen LogP contribution in [0.4, 0.5) is 0 Å². The first-order valence-corrected chi connectivity index (χ1v) is 9.65. The Hall–Kier alpha value is -1.77. The van der Waals surface area contributed by atoms with Gasteiger partial charge in [-0.25, -0.2) is 0 Å². The van der Waals surface area contributed by atoms with Gasteiger partial charge in [-0.05, 0) is 54.9 Å². The summed E-state index contributed by atoms with van der Waals surface area (Å²) >= 11 is 0. The van der Waals surface area contributed by atoms with E-state index in [-0.39, 0.29) is 24.0 Å². The molecule has 0 spiro atoms. The summed E-state index contributed by atoms with van der Waals surface area (Å²) in [4.78, 5) is 6.86. The summed E-state index contributed by atoms with van der Waals surface area (Å²) in [6.45, 7) is 5.04. The Bertz CT molecular complexity index is 789. The van der Waals surface area contributed by atoms with Crippen LogP contribution in [-0.2, 0) is 19.9 Å². The average molecular weight is 497 g/mol. The SMILES string of the molecule is CN=C(NCCc1ccc(C)c(OC)c1)N1CCC(Cc2cnn(C)c2)C1.I. The van der Waals surface area contributed by atoms with E-state index in [1.807, 2.05) is 25.0 Å². The molecule has 1 aromatic carbocycles. The van der Waals surface area contributed by atoms with Gasteiger partial charge in [-0.1, -0.05) is 12.1 Å². The Morgan fingerprint density at radius 2 is 2.18 bits per heavy atom. The van der Waals surface area contributed by atoms with E-state index in [1.54, 1.807) is 7.11 Å². The maximum Gasteiger partial charge on any atom is 0.193 e. The Kier molecular flexibility index (Phi) is 8.59. The molecule has 1 unspecified atom stereocenters. The van der Waals surface area contributed by atoms with Gasteiger partial charge in [0.05, 0.1) is 13.3 Å². The second-order valence-corrected chi connectivity index (χ2v) is 7.36. The van der Waals surface area contributed by atoms with Gasteiger partial charge >= 0.3 is 0 Å². The van der Waals surface area contributed by atoms with Crippen LogP contribution in [0.3, 0.4) is 0 Å². The zero-order chi connectivity index (χ0) is 19.2. The lowest BCUT2D eigenvalue weighted by atomic mass is 10.0. The van der Waals surface area contributed by atoms with Gasteiger partial charge in [-0.15, -0.1) is 24.0 Å². The van der Waals surface area contributed by atoms with Crippen LogP contribution < -0.4 is 10.1 Å². The molecule has 28 heavy (non-hydrogen) atoms. The van der Waals surface area contributed by atoms with Gasteiger partial charge in [0.2, 0.25) is 0 Å². The number of halogens is 1. The normalized spacial score (nSPS) is 16.8. The molecule has 0 radical (unpaired) electrons. The molecule has 0 aliphatic carbocycles. The fourth-order valence-electron chi connectivity index (χ4n) is 3.77. The predicted octanol–water partition coefficient (Wildman–Crippen LogP) is 3.04. The van der Waals surface area contributed by atoms with E-state index >= 15 is 0 Å². The van der Waals surface area contributed by atoms with Crippen molar-refractivity contribution in [3.63, 3.8) is 0 Å². The number of nitrogens with one attached hydrogen (secondary N) is 1. The number of nitrogens with zero attached hydrogens (tertiary/aromatic N) is 4. The van der Waals surface area contributed by atoms with Crippen molar-refractivity contribution < 1.29 is 4.74 Å². The van der Waals surface area contributed by atoms with Crippen molar-refractivity contribution in [2.24, 2.45) is 18.0 Å². The fraction of sp³-hybridized carbons (Fsp3) is 0.524. The van der Waals surface area contributed by atoms with Crippen molar-refractivity contribution in [1.82, 2.24) is 20.0 Å². The second kappa shape index (κ2) is 10.7. The molecule has 0 saturated carbocycles. The predicted molar refractivity (Wildman–Crippen MR) is 125 cm³/mol. The standard InChI is InChI=1S/C21H31N5O.HI/c1-16-5-6-17(12-20(16)27-4)7-9-23-21(22-2)26-10-8-18(15-26)11-19-13-24-25(3)14-19;/h5-6,12-14,18H,7-11,15H2,1-4H3,(H,22,23);1H. The van der Waals surface area contributed by atoms with Crippen LogP contribution >= 0.6 is 24.0 Å². The number of rotatable bonds is 6. The van der Waals surface area contributed by atoms with Gasteiger partial charge < -0.3 is 15.0 Å². The molecule has 1 atom stereocenters. The van der Waals surface area contributed by atoms with Crippen molar-refractivity contribution >= 4 is 29.9 Å². The number of guanidine groups is 1. The highest BCUT2D eigenvalue weighted by atomic mass is 127. The highest BCUT2D eigenvalue weighted by Crippen LogP contribution is 2.21. The van der Waals surface area contributed by atoms with Crippen molar-refractivity contribution in [2.45, 2.75) is 26.2 Å². The molecule has 1 saturated heterocycles. The van der Waals surface area contributed by atoms with Crippen molar-refractivity contribution in [3.05, 3.63) is 47.3 Å². The van der Waals surface area contributed by atoms with Gasteiger partial charge in [0.1, 0.15) is 5.75 Å². The van der Waals surface area contributed by atoms with E-state index in [1.165, 1.54) is 23.1 Å². The summed E-state index contributed by atoms with van der Waals surface area (Å²) in [6, 6.07) is 6.41. The first-order valence-electron chi connectivity index (χ1n) is 9.65. The van der Waals surface area contributed by atoms with Gasteiger partial charge in [0.15, 0.2) is 5.96 Å². The zero-order valence-corrected chi connectivity index (χ0v) is 19.6. The molecule has 1 N–H and O–H groups in total. The van der Waals surface area contributed by atoms with Crippen molar-refractivity contribution in [2.75, 3.05) is 33.8 Å². The highest BCUT2D eigenvalue weighted by molar-refractivity contribution is 14.0. The summed E-state index contributed by atoms with van der Waals surface area (Å²) in [5.41, 5.74) is 3.76. The van der Waals surface area contributed by atoms with E-state index in [0.717, 1.165) is 44.2 Å². The lowest BCUT2D eigenvalue weighted by Gasteiger charge is -2.21. The lowest BCUT2D eigenvalue weighted by Crippen LogP contribution is -2.41. The quantitative estimate of drug-likeness (QED) is 0.379. The maximum absolute atomic E-state index is 5.42. The number of aryl methyl sites for hydroxylation is 2. The fourth-order valence-corrected chi connectivity index (χ4v) is 3.77. The maximum atomic E-state index is 5.42. The van der Waals surface area contributed by atoms with Crippen LogP contribution in [0, 0.1) is 12.8 Å². The molecule has 2 aromatic rings. The summed E-state index contributed by atoms with van der Waals surface area (Å²) < 4.78 is 7.30. The van der Waals surface area contributed by atoms with Crippen molar-refractivity contribution in [3.8, 4) is 5.75 Å². The molecule has 0 amide bonds. The number of ether oxygens (including phenoxy) is 1. The van der Waals surface area contributed by atoms with Crippen LogP contribution in [0.1, 0.15) is 23.1 Å². The van der Waals surface area contributed by atoms with E-state index in [0.29, 0.717) is 5.92 Å². The van der Waals surface area contributed by atoms with E-state index in [2.05, 4.69) is 51.6 Å². The molecule has 1 aliphatic heterocycles. The molecule has 154 valence electrons. The third-order valence-corrected chi connectivity index (χ3v) is 5.25. The zero-order valence-electron chi connectivity index (χ0n) is 17.3.